The summed E-state index contributed by atoms with van der Waals surface area (Å²) in [6, 6.07) is 9.18. The van der Waals surface area contributed by atoms with E-state index >= 15 is 0 Å². The molecule has 0 spiro atoms. The molecule has 5 nitrogen and oxygen atoms in total. The molecule has 0 radical (unpaired) electrons. The van der Waals surface area contributed by atoms with Gasteiger partial charge >= 0.3 is 5.97 Å². The highest BCUT2D eigenvalue weighted by Gasteiger charge is 2.19. The molecule has 1 atom stereocenters. The van der Waals surface area contributed by atoms with Gasteiger partial charge < -0.3 is 15.0 Å². The van der Waals surface area contributed by atoms with Crippen LogP contribution in [0.3, 0.4) is 0 Å². The van der Waals surface area contributed by atoms with Crippen molar-refractivity contribution < 1.29 is 9.90 Å². The minimum atomic E-state index is -0.845. The molecular weight excluding hydrogens is 230 g/mol. The number of aliphatic carboxylic acids is 1. The first-order valence-electron chi connectivity index (χ1n) is 5.67. The fourth-order valence-electron chi connectivity index (χ4n) is 1.76. The molecule has 1 aromatic heterocycles. The number of rotatable bonds is 5. The standard InChI is InChI=1S/C13H15N3O2/c1-16-8-7-14-13(16)15-9-11(12(17)18)10-5-3-2-4-6-10/h2-8,11H,9H2,1H3,(H,14,15)(H,17,18). The van der Waals surface area contributed by atoms with Crippen LogP contribution in [-0.4, -0.2) is 27.2 Å². The van der Waals surface area contributed by atoms with Crippen LogP contribution in [0.1, 0.15) is 11.5 Å². The Balaban J connectivity index is 2.09. The fourth-order valence-corrected chi connectivity index (χ4v) is 1.76. The maximum atomic E-state index is 11.3. The van der Waals surface area contributed by atoms with Crippen molar-refractivity contribution in [3.8, 4) is 0 Å². The maximum Gasteiger partial charge on any atom is 0.312 e. The van der Waals surface area contributed by atoms with E-state index in [9.17, 15) is 9.90 Å². The quantitative estimate of drug-likeness (QED) is 0.841. The lowest BCUT2D eigenvalue weighted by molar-refractivity contribution is -0.138. The van der Waals surface area contributed by atoms with Crippen LogP contribution in [0.5, 0.6) is 0 Å². The van der Waals surface area contributed by atoms with Crippen LogP contribution in [0, 0.1) is 0 Å². The van der Waals surface area contributed by atoms with Crippen LogP contribution >= 0.6 is 0 Å². The second-order valence-electron chi connectivity index (χ2n) is 4.04. The molecule has 0 bridgehead atoms. The predicted octanol–water partition coefficient (Wildman–Crippen LogP) is 1.70. The van der Waals surface area contributed by atoms with Crippen LogP contribution in [0.15, 0.2) is 42.7 Å². The number of nitrogens with zero attached hydrogens (tertiary/aromatic N) is 2. The summed E-state index contributed by atoms with van der Waals surface area (Å²) < 4.78 is 1.81. The van der Waals surface area contributed by atoms with Crippen molar-refractivity contribution in [3.63, 3.8) is 0 Å². The van der Waals surface area contributed by atoms with E-state index in [1.54, 1.807) is 12.4 Å². The summed E-state index contributed by atoms with van der Waals surface area (Å²) in [5.74, 6) is -0.761. The smallest absolute Gasteiger partial charge is 0.312 e. The summed E-state index contributed by atoms with van der Waals surface area (Å²) in [5, 5.41) is 12.3. The molecule has 2 N–H and O–H groups in total. The van der Waals surface area contributed by atoms with Crippen molar-refractivity contribution in [2.75, 3.05) is 11.9 Å². The lowest BCUT2D eigenvalue weighted by Gasteiger charge is -2.14. The molecule has 1 unspecified atom stereocenters. The number of imidazole rings is 1. The van der Waals surface area contributed by atoms with E-state index in [2.05, 4.69) is 10.3 Å². The van der Waals surface area contributed by atoms with Gasteiger partial charge in [0.1, 0.15) is 0 Å². The van der Waals surface area contributed by atoms with Gasteiger partial charge in [0.15, 0.2) is 0 Å². The van der Waals surface area contributed by atoms with E-state index in [0.717, 1.165) is 5.56 Å². The zero-order valence-corrected chi connectivity index (χ0v) is 10.1. The van der Waals surface area contributed by atoms with Gasteiger partial charge in [0.2, 0.25) is 5.95 Å². The third-order valence-corrected chi connectivity index (χ3v) is 2.79. The molecule has 0 aliphatic carbocycles. The Morgan fingerprint density at radius 2 is 2.17 bits per heavy atom. The van der Waals surface area contributed by atoms with Gasteiger partial charge in [-0.25, -0.2) is 4.98 Å². The van der Waals surface area contributed by atoms with E-state index in [-0.39, 0.29) is 0 Å². The minimum absolute atomic E-state index is 0.310. The van der Waals surface area contributed by atoms with Crippen LogP contribution in [-0.2, 0) is 11.8 Å². The molecule has 0 aliphatic heterocycles. The van der Waals surface area contributed by atoms with Gasteiger partial charge in [-0.2, -0.15) is 0 Å². The number of benzene rings is 1. The number of anilines is 1. The number of aromatic nitrogens is 2. The van der Waals surface area contributed by atoms with Crippen molar-refractivity contribution in [3.05, 3.63) is 48.3 Å². The van der Waals surface area contributed by atoms with Gasteiger partial charge in [-0.1, -0.05) is 30.3 Å². The van der Waals surface area contributed by atoms with Crippen LogP contribution in [0.4, 0.5) is 5.95 Å². The van der Waals surface area contributed by atoms with E-state index < -0.39 is 11.9 Å². The summed E-state index contributed by atoms with van der Waals surface area (Å²) in [6.07, 6.45) is 3.47. The Morgan fingerprint density at radius 3 is 2.72 bits per heavy atom. The molecule has 5 heteroatoms. The first-order valence-corrected chi connectivity index (χ1v) is 5.67. The molecule has 0 fully saturated rings. The number of carbonyl (C=O) groups is 1. The average molecular weight is 245 g/mol. The Kier molecular flexibility index (Phi) is 3.62. The molecule has 1 aromatic carbocycles. The summed E-state index contributed by atoms with van der Waals surface area (Å²) in [6.45, 7) is 0.310. The Labute approximate surface area is 105 Å². The predicted molar refractivity (Wildman–Crippen MR) is 68.5 cm³/mol. The SMILES string of the molecule is Cn1ccnc1NCC(C(=O)O)c1ccccc1. The topological polar surface area (TPSA) is 67.2 Å². The number of carboxylic acid groups (broad SMARTS) is 1. The monoisotopic (exact) mass is 245 g/mol. The van der Waals surface area contributed by atoms with Gasteiger partial charge in [-0.05, 0) is 5.56 Å². The average Bonchev–Trinajstić information content (AvgIpc) is 2.76. The number of nitrogens with one attached hydrogen (secondary N) is 1. The van der Waals surface area contributed by atoms with E-state index in [4.69, 9.17) is 0 Å². The van der Waals surface area contributed by atoms with Crippen molar-refractivity contribution in [1.29, 1.82) is 0 Å². The minimum Gasteiger partial charge on any atom is -0.481 e. The summed E-state index contributed by atoms with van der Waals surface area (Å²) in [5.41, 5.74) is 0.784. The highest BCUT2D eigenvalue weighted by molar-refractivity contribution is 5.76. The van der Waals surface area contributed by atoms with Crippen molar-refractivity contribution in [2.45, 2.75) is 5.92 Å². The van der Waals surface area contributed by atoms with Crippen LogP contribution < -0.4 is 5.32 Å². The Morgan fingerprint density at radius 1 is 1.44 bits per heavy atom. The molecule has 0 saturated heterocycles. The number of aryl methyl sites for hydroxylation is 1. The first kappa shape index (κ1) is 12.2. The Bertz CT molecular complexity index is 522. The lowest BCUT2D eigenvalue weighted by Crippen LogP contribution is -2.22. The van der Waals surface area contributed by atoms with Crippen LogP contribution in [0.25, 0.3) is 0 Å². The molecule has 1 heterocycles. The second-order valence-corrected chi connectivity index (χ2v) is 4.04. The third kappa shape index (κ3) is 2.68. The van der Waals surface area contributed by atoms with Crippen LogP contribution in [0.2, 0.25) is 0 Å². The van der Waals surface area contributed by atoms with Crippen molar-refractivity contribution in [2.24, 2.45) is 7.05 Å². The zero-order chi connectivity index (χ0) is 13.0. The van der Waals surface area contributed by atoms with Crippen molar-refractivity contribution >= 4 is 11.9 Å². The van der Waals surface area contributed by atoms with Gasteiger partial charge in [0.25, 0.3) is 0 Å². The molecule has 0 saturated carbocycles. The molecule has 2 aromatic rings. The molecule has 0 aliphatic rings. The first-order chi connectivity index (χ1) is 8.68. The number of carboxylic acids is 1. The van der Waals surface area contributed by atoms with Crippen molar-refractivity contribution in [1.82, 2.24) is 9.55 Å². The molecule has 18 heavy (non-hydrogen) atoms. The highest BCUT2D eigenvalue weighted by Crippen LogP contribution is 2.16. The summed E-state index contributed by atoms with van der Waals surface area (Å²) in [7, 11) is 1.85. The normalized spacial score (nSPS) is 12.1. The zero-order valence-electron chi connectivity index (χ0n) is 10.1. The van der Waals surface area contributed by atoms with Gasteiger partial charge in [0, 0.05) is 26.0 Å². The van der Waals surface area contributed by atoms with E-state index in [1.807, 2.05) is 41.9 Å². The van der Waals surface area contributed by atoms with E-state index in [0.29, 0.717) is 12.5 Å². The molecule has 94 valence electrons. The van der Waals surface area contributed by atoms with Gasteiger partial charge in [-0.15, -0.1) is 0 Å². The largest absolute Gasteiger partial charge is 0.481 e. The second kappa shape index (κ2) is 5.35. The maximum absolute atomic E-state index is 11.3. The van der Waals surface area contributed by atoms with Gasteiger partial charge in [-0.3, -0.25) is 4.79 Å². The number of hydrogen-bond acceptors (Lipinski definition) is 3. The lowest BCUT2D eigenvalue weighted by atomic mass is 9.99. The number of hydrogen-bond donors (Lipinski definition) is 2. The molecular formula is C13H15N3O2. The van der Waals surface area contributed by atoms with Gasteiger partial charge in [0.05, 0.1) is 5.92 Å². The van der Waals surface area contributed by atoms with E-state index in [1.165, 1.54) is 0 Å². The summed E-state index contributed by atoms with van der Waals surface area (Å²) in [4.78, 5) is 15.4. The third-order valence-electron chi connectivity index (χ3n) is 2.79. The molecule has 0 amide bonds. The highest BCUT2D eigenvalue weighted by atomic mass is 16.4. The molecule has 2 rings (SSSR count). The Hall–Kier alpha value is -2.30. The summed E-state index contributed by atoms with van der Waals surface area (Å²) >= 11 is 0. The fraction of sp³-hybridized carbons (Fsp3) is 0.231.